The second-order valence-electron chi connectivity index (χ2n) is 9.34. The summed E-state index contributed by atoms with van der Waals surface area (Å²) < 4.78 is 10.4. The molecule has 1 aromatic carbocycles. The highest BCUT2D eigenvalue weighted by Crippen LogP contribution is 2.29. The highest BCUT2D eigenvalue weighted by molar-refractivity contribution is 7.98. The molecule has 0 bridgehead atoms. The van der Waals surface area contributed by atoms with Crippen LogP contribution >= 0.6 is 23.3 Å². The van der Waals surface area contributed by atoms with Crippen molar-refractivity contribution in [1.29, 1.82) is 0 Å². The van der Waals surface area contributed by atoms with Gasteiger partial charge in [0.25, 0.3) is 0 Å². The molecule has 1 fully saturated rings. The lowest BCUT2D eigenvalue weighted by Crippen LogP contribution is -2.10. The molecule has 2 heterocycles. The van der Waals surface area contributed by atoms with Crippen molar-refractivity contribution in [2.24, 2.45) is 16.5 Å². The molecule has 2 atom stereocenters. The first-order valence-corrected chi connectivity index (χ1v) is 16.5. The Morgan fingerprint density at radius 2 is 1.85 bits per heavy atom. The number of rotatable bonds is 11. The van der Waals surface area contributed by atoms with Gasteiger partial charge in [-0.3, -0.25) is 4.99 Å². The lowest BCUT2D eigenvalue weighted by molar-refractivity contribution is 0.0700. The van der Waals surface area contributed by atoms with Crippen molar-refractivity contribution >= 4 is 29.5 Å². The summed E-state index contributed by atoms with van der Waals surface area (Å²) >= 11 is 3.51. The van der Waals surface area contributed by atoms with E-state index in [1.54, 1.807) is 17.7 Å². The number of unbranched alkanes of at least 4 members (excludes halogenated alkanes) is 1. The fraction of sp³-hybridized carbons (Fsp3) is 0.515. The van der Waals surface area contributed by atoms with Crippen LogP contribution in [-0.4, -0.2) is 47.8 Å². The fourth-order valence-corrected chi connectivity index (χ4v) is 5.83. The minimum atomic E-state index is 0.446. The first kappa shape index (κ1) is 38.8. The van der Waals surface area contributed by atoms with Gasteiger partial charge >= 0.3 is 0 Å². The quantitative estimate of drug-likeness (QED) is 0.177. The lowest BCUT2D eigenvalue weighted by Gasteiger charge is -2.10. The van der Waals surface area contributed by atoms with Gasteiger partial charge in [0.2, 0.25) is 0 Å². The third kappa shape index (κ3) is 15.0. The Morgan fingerprint density at radius 3 is 2.41 bits per heavy atom. The smallest absolute Gasteiger partial charge is 0.0880 e. The molecule has 0 aliphatic carbocycles. The van der Waals surface area contributed by atoms with E-state index in [0.717, 1.165) is 60.5 Å². The molecular weight excluding hydrogens is 549 g/mol. The molecule has 1 aliphatic heterocycles. The van der Waals surface area contributed by atoms with Crippen LogP contribution in [0.5, 0.6) is 0 Å². The monoisotopic (exact) mass is 602 g/mol. The molecule has 5 N–H and O–H groups in total. The van der Waals surface area contributed by atoms with E-state index in [9.17, 15) is 0 Å². The average molecular weight is 603 g/mol. The number of nitrogens with zero attached hydrogens (tertiary/aromatic N) is 2. The van der Waals surface area contributed by atoms with Crippen molar-refractivity contribution in [2.45, 2.75) is 91.6 Å². The van der Waals surface area contributed by atoms with Crippen LogP contribution < -0.4 is 11.5 Å². The number of benzene rings is 1. The van der Waals surface area contributed by atoms with Crippen LogP contribution in [0.1, 0.15) is 79.2 Å². The van der Waals surface area contributed by atoms with Gasteiger partial charge in [-0.05, 0) is 77.5 Å². The normalized spacial score (nSPS) is 17.5. The molecular formula is C33H54N4O2S2. The Kier molecular flexibility index (Phi) is 23.1. The Morgan fingerprint density at radius 1 is 1.17 bits per heavy atom. The Labute approximate surface area is 258 Å². The van der Waals surface area contributed by atoms with Gasteiger partial charge in [-0.2, -0.15) is 16.1 Å². The van der Waals surface area contributed by atoms with Gasteiger partial charge in [0, 0.05) is 58.3 Å². The second kappa shape index (κ2) is 24.4. The SMILES string of the molecule is CC1CCC(CSCc2csnc2-c2ccccc2)O1.CC=N/C(C)=C(/C=C\CCC)C(\N)=C(/C)CC.CN.CO. The molecule has 0 radical (unpaired) electrons. The number of hydrogen-bond acceptors (Lipinski definition) is 8. The zero-order valence-electron chi connectivity index (χ0n) is 26.5. The Bertz CT molecular complexity index is 1060. The van der Waals surface area contributed by atoms with Crippen molar-refractivity contribution in [3.63, 3.8) is 0 Å². The largest absolute Gasteiger partial charge is 0.400 e. The molecule has 1 aromatic heterocycles. The number of aliphatic hydroxyl groups excluding tert-OH is 1. The molecule has 8 heteroatoms. The number of allylic oxidation sites excluding steroid dienone is 4. The molecule has 1 aliphatic rings. The molecule has 6 nitrogen and oxygen atoms in total. The highest BCUT2D eigenvalue weighted by Gasteiger charge is 2.21. The molecule has 0 amide bonds. The number of aliphatic imine (C=N–C) groups is 1. The molecule has 41 heavy (non-hydrogen) atoms. The van der Waals surface area contributed by atoms with Crippen LogP contribution in [0.4, 0.5) is 0 Å². The highest BCUT2D eigenvalue weighted by atomic mass is 32.2. The number of aromatic nitrogens is 1. The minimum Gasteiger partial charge on any atom is -0.400 e. The average Bonchev–Trinajstić information content (AvgIpc) is 3.66. The molecule has 3 rings (SSSR count). The van der Waals surface area contributed by atoms with Crippen molar-refractivity contribution in [1.82, 2.24) is 4.37 Å². The van der Waals surface area contributed by atoms with Gasteiger partial charge in [-0.15, -0.1) is 0 Å². The van der Waals surface area contributed by atoms with Crippen LogP contribution in [0.25, 0.3) is 11.3 Å². The standard InChI is InChI=1S/C16H19NOS2.C15H26N2.CH5N.CH4O/c1-12-7-8-15(18-12)11-19-9-14-10-20-17-16(14)13-5-3-2-4-6-13;1-6-9-10-11-14(13(5)17-8-3)15(16)12(4)7-2;2*1-2/h2-6,10,12,15H,7-9,11H2,1H3;8,10-11H,6-7,9,16H2,1-5H3;2H2,1H3;2H,1H3/b;11-10-,14-13-,15-12-,17-8?;;. The van der Waals surface area contributed by atoms with Crippen LogP contribution in [0.15, 0.2) is 75.4 Å². The van der Waals surface area contributed by atoms with Crippen molar-refractivity contribution < 1.29 is 9.84 Å². The first-order valence-electron chi connectivity index (χ1n) is 14.5. The van der Waals surface area contributed by atoms with Gasteiger partial charge in [-0.25, -0.2) is 0 Å². The molecule has 2 aromatic rings. The van der Waals surface area contributed by atoms with E-state index in [2.05, 4.69) is 84.6 Å². The van der Waals surface area contributed by atoms with Crippen LogP contribution in [0.3, 0.4) is 0 Å². The summed E-state index contributed by atoms with van der Waals surface area (Å²) in [4.78, 5) is 4.33. The zero-order valence-corrected chi connectivity index (χ0v) is 28.2. The summed E-state index contributed by atoms with van der Waals surface area (Å²) in [6.45, 7) is 12.5. The summed E-state index contributed by atoms with van der Waals surface area (Å²) in [5.74, 6) is 2.11. The van der Waals surface area contributed by atoms with Gasteiger partial charge in [0.1, 0.15) is 0 Å². The van der Waals surface area contributed by atoms with E-state index in [1.807, 2.05) is 31.7 Å². The van der Waals surface area contributed by atoms with E-state index in [1.165, 1.54) is 36.6 Å². The maximum atomic E-state index is 7.00. The zero-order chi connectivity index (χ0) is 31.0. The number of nitrogens with two attached hydrogens (primary N) is 2. The van der Waals surface area contributed by atoms with Gasteiger partial charge in [0.05, 0.1) is 17.9 Å². The van der Waals surface area contributed by atoms with E-state index in [4.69, 9.17) is 15.6 Å². The summed E-state index contributed by atoms with van der Waals surface area (Å²) in [5.41, 5.74) is 18.5. The van der Waals surface area contributed by atoms with Crippen LogP contribution in [0, 0.1) is 0 Å². The van der Waals surface area contributed by atoms with E-state index in [-0.39, 0.29) is 0 Å². The Hall–Kier alpha value is -2.23. The van der Waals surface area contributed by atoms with Crippen molar-refractivity contribution in [3.8, 4) is 11.3 Å². The van der Waals surface area contributed by atoms with E-state index in [0.29, 0.717) is 12.2 Å². The first-order chi connectivity index (χ1) is 19.9. The van der Waals surface area contributed by atoms with Crippen molar-refractivity contribution in [2.75, 3.05) is 19.9 Å². The van der Waals surface area contributed by atoms with Gasteiger partial charge < -0.3 is 21.3 Å². The maximum absolute atomic E-state index is 7.00. The van der Waals surface area contributed by atoms with Gasteiger partial charge in [-0.1, -0.05) is 62.8 Å². The summed E-state index contributed by atoms with van der Waals surface area (Å²) in [6, 6.07) is 10.4. The maximum Gasteiger partial charge on any atom is 0.0880 e. The molecule has 0 saturated carbocycles. The summed E-state index contributed by atoms with van der Waals surface area (Å²) in [7, 11) is 2.50. The van der Waals surface area contributed by atoms with Gasteiger partial charge in [0.15, 0.2) is 0 Å². The summed E-state index contributed by atoms with van der Waals surface area (Å²) in [6.07, 6.45) is 12.6. The number of hydrogen-bond donors (Lipinski definition) is 3. The number of ether oxygens (including phenoxy) is 1. The molecule has 0 spiro atoms. The Balaban J connectivity index is 0.000000706. The predicted molar refractivity (Wildman–Crippen MR) is 184 cm³/mol. The van der Waals surface area contributed by atoms with Crippen LogP contribution in [0.2, 0.25) is 0 Å². The number of thioether (sulfide) groups is 1. The van der Waals surface area contributed by atoms with Crippen LogP contribution in [-0.2, 0) is 10.5 Å². The minimum absolute atomic E-state index is 0.446. The fourth-order valence-electron chi connectivity index (χ4n) is 3.96. The second-order valence-corrected chi connectivity index (χ2v) is 11.0. The lowest BCUT2D eigenvalue weighted by atomic mass is 10.0. The topological polar surface area (TPSA) is 107 Å². The van der Waals surface area contributed by atoms with E-state index < -0.39 is 0 Å². The predicted octanol–water partition coefficient (Wildman–Crippen LogP) is 8.14. The number of aliphatic hydroxyl groups is 1. The molecule has 2 unspecified atom stereocenters. The third-order valence-corrected chi connectivity index (χ3v) is 8.10. The third-order valence-electron chi connectivity index (χ3n) is 6.30. The summed E-state index contributed by atoms with van der Waals surface area (Å²) in [5, 5.41) is 9.17. The molecule has 1 saturated heterocycles. The van der Waals surface area contributed by atoms with Crippen molar-refractivity contribution in [3.05, 3.63) is 76.0 Å². The molecule has 230 valence electrons. The van der Waals surface area contributed by atoms with E-state index >= 15 is 0 Å².